The number of hydrogen-bond donors (Lipinski definition) is 2. The number of nitrogens with one attached hydrogen (secondary N) is 1. The molecule has 0 atom stereocenters. The highest BCUT2D eigenvalue weighted by Crippen LogP contribution is 1.89. The van der Waals surface area contributed by atoms with Crippen LogP contribution in [0.4, 0.5) is 4.79 Å². The Morgan fingerprint density at radius 1 is 1.77 bits per heavy atom. The molecule has 3 N–H and O–H groups in total. The van der Waals surface area contributed by atoms with Gasteiger partial charge >= 0.3 is 6.03 Å². The summed E-state index contributed by atoms with van der Waals surface area (Å²) in [4.78, 5) is 10.8. The Labute approximate surface area is 75.8 Å². The molecule has 0 bridgehead atoms. The van der Waals surface area contributed by atoms with Gasteiger partial charge in [0.2, 0.25) is 0 Å². The third-order valence-electron chi connectivity index (χ3n) is 1.33. The molecule has 13 heavy (non-hydrogen) atoms. The van der Waals surface area contributed by atoms with Crippen LogP contribution in [0, 0.1) is 0 Å². The number of rotatable bonds is 2. The smallest absolute Gasteiger partial charge is 0.303 e. The number of nitrogens with zero attached hydrogens (tertiary/aromatic N) is 4. The van der Waals surface area contributed by atoms with E-state index in [1.54, 1.807) is 25.3 Å². The van der Waals surface area contributed by atoms with Crippen molar-refractivity contribution < 1.29 is 4.79 Å². The van der Waals surface area contributed by atoms with Crippen molar-refractivity contribution in [3.63, 3.8) is 0 Å². The molecule has 1 aliphatic heterocycles. The Kier molecular flexibility index (Phi) is 2.80. The zero-order chi connectivity index (χ0) is 9.84. The monoisotopic (exact) mass is 184 g/mol. The molecule has 7 heteroatoms. The van der Waals surface area contributed by atoms with Crippen molar-refractivity contribution in [2.75, 3.05) is 20.6 Å². The van der Waals surface area contributed by atoms with Crippen LogP contribution in [0.3, 0.4) is 0 Å². The molecule has 0 saturated heterocycles. The first kappa shape index (κ1) is 9.46. The summed E-state index contributed by atoms with van der Waals surface area (Å²) in [6.45, 7) is 0.267. The minimum atomic E-state index is -0.415. The number of urea groups is 1. The number of carbonyl (C=O) groups is 1. The number of amides is 2. The molecule has 0 unspecified atom stereocenters. The summed E-state index contributed by atoms with van der Waals surface area (Å²) in [5.74, 6) is 5.34. The van der Waals surface area contributed by atoms with Crippen molar-refractivity contribution in [1.29, 1.82) is 0 Å². The fourth-order valence-corrected chi connectivity index (χ4v) is 0.717. The predicted molar refractivity (Wildman–Crippen MR) is 49.0 cm³/mol. The lowest BCUT2D eigenvalue weighted by atomic mass is 10.4. The summed E-state index contributed by atoms with van der Waals surface area (Å²) >= 11 is 0. The van der Waals surface area contributed by atoms with Crippen LogP contribution < -0.4 is 11.3 Å². The zero-order valence-corrected chi connectivity index (χ0v) is 7.56. The summed E-state index contributed by atoms with van der Waals surface area (Å²) in [7, 11) is 3.58. The maximum Gasteiger partial charge on any atom is 0.352 e. The number of hydrazine groups is 1. The Morgan fingerprint density at radius 3 is 3.00 bits per heavy atom. The van der Waals surface area contributed by atoms with Crippen molar-refractivity contribution in [1.82, 2.24) is 15.4 Å². The largest absolute Gasteiger partial charge is 0.352 e. The lowest BCUT2D eigenvalue weighted by Gasteiger charge is -2.19. The highest BCUT2D eigenvalue weighted by atomic mass is 16.2. The number of hydrogen-bond acceptors (Lipinski definition) is 5. The molecule has 1 aliphatic rings. The molecule has 0 radical (unpaired) electrons. The highest BCUT2D eigenvalue weighted by Gasteiger charge is 2.15. The predicted octanol–water partition coefficient (Wildman–Crippen LogP) is -1.21. The van der Waals surface area contributed by atoms with Crippen LogP contribution in [0.1, 0.15) is 0 Å². The Morgan fingerprint density at radius 2 is 2.46 bits per heavy atom. The Balaban J connectivity index is 2.58. The second-order valence-corrected chi connectivity index (χ2v) is 2.74. The fraction of sp³-hybridized carbons (Fsp3) is 0.500. The van der Waals surface area contributed by atoms with Gasteiger partial charge in [0, 0.05) is 14.1 Å². The SMILES string of the molecule is CN(C)/N=C/C1=NNC(=O)N(N)C1. The average Bonchev–Trinajstić information content (AvgIpc) is 2.07. The summed E-state index contributed by atoms with van der Waals surface area (Å²) in [6, 6.07) is -0.415. The quantitative estimate of drug-likeness (QED) is 0.244. The van der Waals surface area contributed by atoms with Crippen LogP contribution in [0.15, 0.2) is 10.2 Å². The molecule has 7 nitrogen and oxygen atoms in total. The zero-order valence-electron chi connectivity index (χ0n) is 7.56. The first-order chi connectivity index (χ1) is 6.09. The average molecular weight is 184 g/mol. The first-order valence-electron chi connectivity index (χ1n) is 3.69. The fourth-order valence-electron chi connectivity index (χ4n) is 0.717. The maximum absolute atomic E-state index is 10.8. The number of hydrazone groups is 2. The van der Waals surface area contributed by atoms with Crippen LogP contribution in [-0.2, 0) is 0 Å². The van der Waals surface area contributed by atoms with Gasteiger partial charge in [-0.25, -0.2) is 16.1 Å². The molecule has 72 valence electrons. The molecule has 1 rings (SSSR count). The van der Waals surface area contributed by atoms with E-state index >= 15 is 0 Å². The third kappa shape index (κ3) is 2.71. The summed E-state index contributed by atoms with van der Waals surface area (Å²) < 4.78 is 0. The second-order valence-electron chi connectivity index (χ2n) is 2.74. The molecular weight excluding hydrogens is 172 g/mol. The molecule has 0 saturated carbocycles. The molecule has 0 aromatic heterocycles. The molecule has 1 heterocycles. The van der Waals surface area contributed by atoms with E-state index in [0.717, 1.165) is 5.01 Å². The van der Waals surface area contributed by atoms with Gasteiger partial charge in [-0.05, 0) is 0 Å². The number of nitrogens with two attached hydrogens (primary N) is 1. The third-order valence-corrected chi connectivity index (χ3v) is 1.33. The van der Waals surface area contributed by atoms with E-state index in [-0.39, 0.29) is 6.54 Å². The van der Waals surface area contributed by atoms with E-state index in [2.05, 4.69) is 15.6 Å². The Hall–Kier alpha value is -1.63. The maximum atomic E-state index is 10.8. The molecule has 2 amide bonds. The van der Waals surface area contributed by atoms with Gasteiger partial charge in [-0.1, -0.05) is 0 Å². The van der Waals surface area contributed by atoms with Gasteiger partial charge in [-0.2, -0.15) is 10.2 Å². The van der Waals surface area contributed by atoms with E-state index in [9.17, 15) is 4.79 Å². The molecule has 0 fully saturated rings. The van der Waals surface area contributed by atoms with Crippen molar-refractivity contribution in [2.45, 2.75) is 0 Å². The van der Waals surface area contributed by atoms with Gasteiger partial charge in [-0.15, -0.1) is 0 Å². The molecule has 0 spiro atoms. The van der Waals surface area contributed by atoms with Crippen LogP contribution in [0.5, 0.6) is 0 Å². The van der Waals surface area contributed by atoms with E-state index in [1.165, 1.54) is 0 Å². The van der Waals surface area contributed by atoms with Crippen LogP contribution >= 0.6 is 0 Å². The molecule has 0 aromatic rings. The summed E-state index contributed by atoms with van der Waals surface area (Å²) in [5, 5.41) is 10.4. The van der Waals surface area contributed by atoms with Crippen LogP contribution in [0.2, 0.25) is 0 Å². The first-order valence-corrected chi connectivity index (χ1v) is 3.69. The lowest BCUT2D eigenvalue weighted by Crippen LogP contribution is -2.50. The normalized spacial score (nSPS) is 17.3. The minimum Gasteiger partial charge on any atom is -0.303 e. The standard InChI is InChI=1S/C6H12N6O/c1-11(2)8-3-5-4-12(7)6(13)10-9-5/h3H,4,7H2,1-2H3,(H,10,13)/b8-3+. The Bertz CT molecular complexity index is 258. The van der Waals surface area contributed by atoms with E-state index in [1.807, 2.05) is 0 Å². The van der Waals surface area contributed by atoms with Gasteiger partial charge in [0.25, 0.3) is 0 Å². The highest BCUT2D eigenvalue weighted by molar-refractivity contribution is 6.32. The van der Waals surface area contributed by atoms with Gasteiger partial charge in [0.15, 0.2) is 0 Å². The molecule has 0 aromatic carbocycles. The molecule has 0 aliphatic carbocycles. The van der Waals surface area contributed by atoms with Crippen molar-refractivity contribution >= 4 is 18.0 Å². The summed E-state index contributed by atoms with van der Waals surface area (Å²) in [6.07, 6.45) is 1.54. The van der Waals surface area contributed by atoms with Crippen LogP contribution in [-0.4, -0.2) is 48.6 Å². The number of carbonyl (C=O) groups excluding carboxylic acids is 1. The molecular formula is C6H12N6O. The summed E-state index contributed by atoms with van der Waals surface area (Å²) in [5.41, 5.74) is 2.85. The van der Waals surface area contributed by atoms with E-state index in [4.69, 9.17) is 5.84 Å². The van der Waals surface area contributed by atoms with Crippen molar-refractivity contribution in [3.8, 4) is 0 Å². The van der Waals surface area contributed by atoms with Gasteiger partial charge < -0.3 is 5.01 Å². The van der Waals surface area contributed by atoms with Crippen molar-refractivity contribution in [3.05, 3.63) is 0 Å². The van der Waals surface area contributed by atoms with Gasteiger partial charge in [0.1, 0.15) is 5.71 Å². The van der Waals surface area contributed by atoms with Crippen LogP contribution in [0.25, 0.3) is 0 Å². The van der Waals surface area contributed by atoms with E-state index < -0.39 is 6.03 Å². The lowest BCUT2D eigenvalue weighted by molar-refractivity contribution is 0.203. The van der Waals surface area contributed by atoms with Gasteiger partial charge in [-0.3, -0.25) is 5.01 Å². The topological polar surface area (TPSA) is 86.3 Å². The van der Waals surface area contributed by atoms with Crippen molar-refractivity contribution in [2.24, 2.45) is 16.0 Å². The second kappa shape index (κ2) is 3.85. The van der Waals surface area contributed by atoms with E-state index in [0.29, 0.717) is 5.71 Å². The minimum absolute atomic E-state index is 0.267. The van der Waals surface area contributed by atoms with Gasteiger partial charge in [0.05, 0.1) is 12.8 Å².